The molecule has 2 rings (SSSR count). The molecule has 3 heteroatoms. The molecular weight excluding hydrogens is 228 g/mol. The van der Waals surface area contributed by atoms with Crippen molar-refractivity contribution in [1.29, 1.82) is 0 Å². The molecule has 0 aliphatic carbocycles. The van der Waals surface area contributed by atoms with Gasteiger partial charge in [-0.2, -0.15) is 0 Å². The molecule has 0 bridgehead atoms. The highest BCUT2D eigenvalue weighted by molar-refractivity contribution is 5.30. The summed E-state index contributed by atoms with van der Waals surface area (Å²) >= 11 is 0. The van der Waals surface area contributed by atoms with E-state index < -0.39 is 0 Å². The molecule has 1 heterocycles. The number of ether oxygens (including phenoxy) is 3. The second-order valence-corrected chi connectivity index (χ2v) is 4.89. The van der Waals surface area contributed by atoms with Crippen molar-refractivity contribution in [3.05, 3.63) is 29.8 Å². The molecule has 0 amide bonds. The van der Waals surface area contributed by atoms with Gasteiger partial charge in [-0.3, -0.25) is 0 Å². The Balaban J connectivity index is 1.77. The third-order valence-electron chi connectivity index (χ3n) is 3.04. The van der Waals surface area contributed by atoms with Gasteiger partial charge in [-0.1, -0.05) is 26.0 Å². The first kappa shape index (κ1) is 13.4. The molecule has 3 nitrogen and oxygen atoms in total. The largest absolute Gasteiger partial charge is 0.493 e. The maximum atomic E-state index is 5.74. The van der Waals surface area contributed by atoms with Crippen molar-refractivity contribution < 1.29 is 14.2 Å². The normalized spacial score (nSPS) is 17.1. The first-order chi connectivity index (χ1) is 8.75. The van der Waals surface area contributed by atoms with Gasteiger partial charge in [0.2, 0.25) is 0 Å². The molecular formula is C15H22O3. The van der Waals surface area contributed by atoms with Crippen molar-refractivity contribution in [2.45, 2.75) is 38.9 Å². The number of hydrogen-bond donors (Lipinski definition) is 0. The van der Waals surface area contributed by atoms with Gasteiger partial charge >= 0.3 is 0 Å². The number of rotatable bonds is 5. The van der Waals surface area contributed by atoms with Gasteiger partial charge in [0.05, 0.1) is 19.8 Å². The van der Waals surface area contributed by atoms with E-state index in [2.05, 4.69) is 26.0 Å². The summed E-state index contributed by atoms with van der Waals surface area (Å²) in [5, 5.41) is 0. The lowest BCUT2D eigenvalue weighted by molar-refractivity contribution is -0.183. The fourth-order valence-corrected chi connectivity index (χ4v) is 1.94. The van der Waals surface area contributed by atoms with Gasteiger partial charge in [0.15, 0.2) is 6.29 Å². The summed E-state index contributed by atoms with van der Waals surface area (Å²) in [6.07, 6.45) is 1.69. The maximum Gasteiger partial charge on any atom is 0.160 e. The molecule has 0 unspecified atom stereocenters. The molecule has 0 spiro atoms. The van der Waals surface area contributed by atoms with Crippen LogP contribution < -0.4 is 4.74 Å². The molecule has 1 aromatic rings. The van der Waals surface area contributed by atoms with E-state index in [9.17, 15) is 0 Å². The van der Waals surface area contributed by atoms with Crippen molar-refractivity contribution in [3.63, 3.8) is 0 Å². The second kappa shape index (κ2) is 6.76. The summed E-state index contributed by atoms with van der Waals surface area (Å²) < 4.78 is 16.7. The fourth-order valence-electron chi connectivity index (χ4n) is 1.94. The van der Waals surface area contributed by atoms with E-state index in [1.54, 1.807) is 0 Å². The Bertz CT molecular complexity index is 357. The minimum Gasteiger partial charge on any atom is -0.493 e. The van der Waals surface area contributed by atoms with Crippen LogP contribution in [0.5, 0.6) is 5.75 Å². The molecule has 1 aliphatic heterocycles. The molecule has 18 heavy (non-hydrogen) atoms. The molecule has 1 aliphatic rings. The Morgan fingerprint density at radius 3 is 2.78 bits per heavy atom. The quantitative estimate of drug-likeness (QED) is 0.802. The van der Waals surface area contributed by atoms with Crippen LogP contribution in [0.25, 0.3) is 0 Å². The van der Waals surface area contributed by atoms with Gasteiger partial charge in [-0.05, 0) is 30.0 Å². The average Bonchev–Trinajstić information content (AvgIpc) is 2.40. The van der Waals surface area contributed by atoms with Crippen LogP contribution in [0.15, 0.2) is 24.3 Å². The van der Waals surface area contributed by atoms with Gasteiger partial charge in [-0.25, -0.2) is 0 Å². The van der Waals surface area contributed by atoms with Gasteiger partial charge in [0.25, 0.3) is 0 Å². The average molecular weight is 250 g/mol. The molecule has 1 aromatic carbocycles. The summed E-state index contributed by atoms with van der Waals surface area (Å²) in [6, 6.07) is 8.27. The topological polar surface area (TPSA) is 27.7 Å². The highest BCUT2D eigenvalue weighted by Gasteiger charge is 2.13. The minimum absolute atomic E-state index is 0.0907. The van der Waals surface area contributed by atoms with Crippen LogP contribution >= 0.6 is 0 Å². The summed E-state index contributed by atoms with van der Waals surface area (Å²) in [5.74, 6) is 1.45. The van der Waals surface area contributed by atoms with Crippen LogP contribution in [0.4, 0.5) is 0 Å². The van der Waals surface area contributed by atoms with Crippen molar-refractivity contribution >= 4 is 0 Å². The van der Waals surface area contributed by atoms with Crippen molar-refractivity contribution in [2.24, 2.45) is 0 Å². The molecule has 0 radical (unpaired) electrons. The highest BCUT2D eigenvalue weighted by atomic mass is 16.7. The standard InChI is InChI=1S/C15H22O3/c1-12(2)13-5-3-6-14(11-13)16-10-7-15-17-8-4-9-18-15/h3,5-6,11-12,15H,4,7-10H2,1-2H3. The number of benzene rings is 1. The summed E-state index contributed by atoms with van der Waals surface area (Å²) in [6.45, 7) is 6.60. The minimum atomic E-state index is -0.0907. The summed E-state index contributed by atoms with van der Waals surface area (Å²) in [4.78, 5) is 0. The Hall–Kier alpha value is -1.06. The van der Waals surface area contributed by atoms with Crippen LogP contribution in [0, 0.1) is 0 Å². The van der Waals surface area contributed by atoms with Crippen LogP contribution in [0.2, 0.25) is 0 Å². The zero-order valence-corrected chi connectivity index (χ0v) is 11.2. The van der Waals surface area contributed by atoms with E-state index in [-0.39, 0.29) is 6.29 Å². The fraction of sp³-hybridized carbons (Fsp3) is 0.600. The smallest absolute Gasteiger partial charge is 0.160 e. The second-order valence-electron chi connectivity index (χ2n) is 4.89. The zero-order chi connectivity index (χ0) is 12.8. The molecule has 0 N–H and O–H groups in total. The molecule has 0 atom stereocenters. The van der Waals surface area contributed by atoms with E-state index in [0.29, 0.717) is 12.5 Å². The third kappa shape index (κ3) is 4.00. The third-order valence-corrected chi connectivity index (χ3v) is 3.04. The number of hydrogen-bond acceptors (Lipinski definition) is 3. The SMILES string of the molecule is CC(C)c1cccc(OCCC2OCCCO2)c1. The Kier molecular flexibility index (Phi) is 5.02. The Morgan fingerprint density at radius 2 is 2.06 bits per heavy atom. The van der Waals surface area contributed by atoms with Gasteiger partial charge in [0.1, 0.15) is 5.75 Å². The van der Waals surface area contributed by atoms with Gasteiger partial charge in [-0.15, -0.1) is 0 Å². The van der Waals surface area contributed by atoms with E-state index in [4.69, 9.17) is 14.2 Å². The van der Waals surface area contributed by atoms with Crippen LogP contribution in [0.3, 0.4) is 0 Å². The van der Waals surface area contributed by atoms with Crippen LogP contribution in [-0.4, -0.2) is 26.1 Å². The molecule has 0 saturated carbocycles. The Morgan fingerprint density at radius 1 is 1.28 bits per heavy atom. The van der Waals surface area contributed by atoms with Gasteiger partial charge < -0.3 is 14.2 Å². The zero-order valence-electron chi connectivity index (χ0n) is 11.2. The van der Waals surface area contributed by atoms with E-state index in [1.165, 1.54) is 5.56 Å². The maximum absolute atomic E-state index is 5.74. The first-order valence-electron chi connectivity index (χ1n) is 6.71. The molecule has 0 aromatic heterocycles. The molecule has 100 valence electrons. The lowest BCUT2D eigenvalue weighted by atomic mass is 10.0. The van der Waals surface area contributed by atoms with E-state index in [1.807, 2.05) is 12.1 Å². The van der Waals surface area contributed by atoms with Crippen molar-refractivity contribution in [3.8, 4) is 5.75 Å². The van der Waals surface area contributed by atoms with Crippen molar-refractivity contribution in [1.82, 2.24) is 0 Å². The van der Waals surface area contributed by atoms with Crippen molar-refractivity contribution in [2.75, 3.05) is 19.8 Å². The highest BCUT2D eigenvalue weighted by Crippen LogP contribution is 2.20. The van der Waals surface area contributed by atoms with Crippen LogP contribution in [0.1, 0.15) is 38.2 Å². The summed E-state index contributed by atoms with van der Waals surface area (Å²) in [7, 11) is 0. The molecule has 1 fully saturated rings. The molecule has 1 saturated heterocycles. The predicted molar refractivity (Wildman–Crippen MR) is 71.0 cm³/mol. The summed E-state index contributed by atoms with van der Waals surface area (Å²) in [5.41, 5.74) is 1.30. The van der Waals surface area contributed by atoms with Crippen LogP contribution in [-0.2, 0) is 9.47 Å². The van der Waals surface area contributed by atoms with E-state index in [0.717, 1.165) is 31.8 Å². The first-order valence-corrected chi connectivity index (χ1v) is 6.71. The predicted octanol–water partition coefficient (Wildman–Crippen LogP) is 3.34. The lowest BCUT2D eigenvalue weighted by Gasteiger charge is -2.23. The lowest BCUT2D eigenvalue weighted by Crippen LogP contribution is -2.26. The monoisotopic (exact) mass is 250 g/mol. The van der Waals surface area contributed by atoms with Gasteiger partial charge in [0, 0.05) is 6.42 Å². The van der Waals surface area contributed by atoms with E-state index >= 15 is 0 Å². The Labute approximate surface area is 109 Å².